The first-order chi connectivity index (χ1) is 8.60. The molecular formula is C14H15ClN2O. The van der Waals surface area contributed by atoms with Gasteiger partial charge in [-0.1, -0.05) is 18.0 Å². The number of rotatable bonds is 1. The molecule has 0 atom stereocenters. The number of hydrogen-bond donors (Lipinski definition) is 2. The standard InChI is InChI=1S/C14H15ClN2O/c15-10-4-9-6-16-17-12(9)11(5-10)14(18)7-13(8-14)2-1-3-13/h4-6,18H,1-3,7-8H2,(H,16,17). The molecule has 0 radical (unpaired) electrons. The molecule has 1 aromatic carbocycles. The van der Waals surface area contributed by atoms with Crippen molar-refractivity contribution in [2.24, 2.45) is 5.41 Å². The molecule has 2 aliphatic rings. The molecule has 18 heavy (non-hydrogen) atoms. The predicted molar refractivity (Wildman–Crippen MR) is 70.5 cm³/mol. The van der Waals surface area contributed by atoms with E-state index in [1.807, 2.05) is 12.1 Å². The van der Waals surface area contributed by atoms with Crippen LogP contribution in [0.2, 0.25) is 5.02 Å². The van der Waals surface area contributed by atoms with Crippen molar-refractivity contribution < 1.29 is 5.11 Å². The van der Waals surface area contributed by atoms with Crippen LogP contribution in [0.15, 0.2) is 18.3 Å². The Labute approximate surface area is 110 Å². The second-order valence-corrected chi connectivity index (χ2v) is 6.46. The average molecular weight is 263 g/mol. The molecule has 0 saturated heterocycles. The molecule has 0 bridgehead atoms. The summed E-state index contributed by atoms with van der Waals surface area (Å²) in [4.78, 5) is 0. The summed E-state index contributed by atoms with van der Waals surface area (Å²) < 4.78 is 0. The predicted octanol–water partition coefficient (Wildman–Crippen LogP) is 3.37. The minimum absolute atomic E-state index is 0.420. The Kier molecular flexibility index (Phi) is 1.97. The summed E-state index contributed by atoms with van der Waals surface area (Å²) in [5.74, 6) is 0. The molecule has 3 nitrogen and oxygen atoms in total. The van der Waals surface area contributed by atoms with Gasteiger partial charge in [0, 0.05) is 16.0 Å². The van der Waals surface area contributed by atoms with Crippen LogP contribution in [0.1, 0.15) is 37.7 Å². The van der Waals surface area contributed by atoms with Crippen molar-refractivity contribution in [3.8, 4) is 0 Å². The van der Waals surface area contributed by atoms with Crippen LogP contribution in [0, 0.1) is 5.41 Å². The molecular weight excluding hydrogens is 248 g/mol. The van der Waals surface area contributed by atoms with Gasteiger partial charge in [-0.15, -0.1) is 0 Å². The minimum atomic E-state index is -0.712. The van der Waals surface area contributed by atoms with E-state index in [0.29, 0.717) is 10.4 Å². The van der Waals surface area contributed by atoms with E-state index in [-0.39, 0.29) is 0 Å². The Bertz CT molecular complexity index is 622. The van der Waals surface area contributed by atoms with Gasteiger partial charge in [-0.2, -0.15) is 5.10 Å². The number of nitrogens with zero attached hydrogens (tertiary/aromatic N) is 1. The third-order valence-electron chi connectivity index (χ3n) is 4.76. The summed E-state index contributed by atoms with van der Waals surface area (Å²) >= 11 is 6.13. The van der Waals surface area contributed by atoms with Gasteiger partial charge in [-0.3, -0.25) is 5.10 Å². The van der Waals surface area contributed by atoms with Crippen molar-refractivity contribution in [1.29, 1.82) is 0 Å². The molecule has 1 aromatic heterocycles. The topological polar surface area (TPSA) is 48.9 Å². The number of fused-ring (bicyclic) bond motifs is 1. The molecule has 0 amide bonds. The first-order valence-corrected chi connectivity index (χ1v) is 6.84. The van der Waals surface area contributed by atoms with E-state index < -0.39 is 5.60 Å². The highest BCUT2D eigenvalue weighted by Crippen LogP contribution is 2.64. The summed E-state index contributed by atoms with van der Waals surface area (Å²) in [6.07, 6.45) is 7.34. The molecule has 1 heterocycles. The summed E-state index contributed by atoms with van der Waals surface area (Å²) in [6.45, 7) is 0. The highest BCUT2D eigenvalue weighted by Gasteiger charge is 2.57. The van der Waals surface area contributed by atoms with Crippen LogP contribution in [0.4, 0.5) is 0 Å². The van der Waals surface area contributed by atoms with Crippen LogP contribution in [0.5, 0.6) is 0 Å². The lowest BCUT2D eigenvalue weighted by Gasteiger charge is -2.59. The highest BCUT2D eigenvalue weighted by molar-refractivity contribution is 6.31. The summed E-state index contributed by atoms with van der Waals surface area (Å²) in [5, 5.41) is 19.5. The van der Waals surface area contributed by atoms with Crippen LogP contribution in [0.25, 0.3) is 10.9 Å². The molecule has 2 aliphatic carbocycles. The molecule has 2 aromatic rings. The molecule has 2 fully saturated rings. The number of hydrogen-bond acceptors (Lipinski definition) is 2. The lowest BCUT2D eigenvalue weighted by atomic mass is 9.48. The second kappa shape index (κ2) is 3.28. The molecule has 4 heteroatoms. The van der Waals surface area contributed by atoms with E-state index in [1.165, 1.54) is 19.3 Å². The van der Waals surface area contributed by atoms with Crippen molar-refractivity contribution in [2.75, 3.05) is 0 Å². The van der Waals surface area contributed by atoms with E-state index in [2.05, 4.69) is 10.2 Å². The van der Waals surface area contributed by atoms with Crippen molar-refractivity contribution in [3.63, 3.8) is 0 Å². The van der Waals surface area contributed by atoms with E-state index in [0.717, 1.165) is 29.3 Å². The number of H-pyrrole nitrogens is 1. The SMILES string of the molecule is OC1(c2cc(Cl)cc3cn[nH]c23)CC2(CCC2)C1. The van der Waals surface area contributed by atoms with Gasteiger partial charge in [0.2, 0.25) is 0 Å². The first-order valence-electron chi connectivity index (χ1n) is 6.46. The van der Waals surface area contributed by atoms with Gasteiger partial charge < -0.3 is 5.11 Å². The van der Waals surface area contributed by atoms with Gasteiger partial charge in [0.15, 0.2) is 0 Å². The molecule has 2 saturated carbocycles. The first kappa shape index (κ1) is 10.8. The Hall–Kier alpha value is -1.06. The fourth-order valence-corrected chi connectivity index (χ4v) is 4.02. The Morgan fingerprint density at radius 2 is 2.06 bits per heavy atom. The van der Waals surface area contributed by atoms with E-state index in [9.17, 15) is 5.11 Å². The smallest absolute Gasteiger partial charge is 0.0928 e. The zero-order valence-electron chi connectivity index (χ0n) is 10.0. The van der Waals surface area contributed by atoms with Crippen molar-refractivity contribution in [2.45, 2.75) is 37.7 Å². The van der Waals surface area contributed by atoms with Gasteiger partial charge >= 0.3 is 0 Å². The fraction of sp³-hybridized carbons (Fsp3) is 0.500. The maximum Gasteiger partial charge on any atom is 0.0928 e. The number of aromatic nitrogens is 2. The lowest BCUT2D eigenvalue weighted by Crippen LogP contribution is -2.53. The number of aromatic amines is 1. The summed E-state index contributed by atoms with van der Waals surface area (Å²) in [7, 11) is 0. The maximum absolute atomic E-state index is 10.8. The third kappa shape index (κ3) is 1.32. The van der Waals surface area contributed by atoms with Gasteiger partial charge in [0.25, 0.3) is 0 Å². The monoisotopic (exact) mass is 262 g/mol. The quantitative estimate of drug-likeness (QED) is 0.828. The molecule has 2 N–H and O–H groups in total. The number of halogens is 1. The Balaban J connectivity index is 1.80. The van der Waals surface area contributed by atoms with Crippen LogP contribution < -0.4 is 0 Å². The van der Waals surface area contributed by atoms with Crippen LogP contribution in [0.3, 0.4) is 0 Å². The van der Waals surface area contributed by atoms with Crippen molar-refractivity contribution in [1.82, 2.24) is 10.2 Å². The zero-order chi connectivity index (χ0) is 12.4. The lowest BCUT2D eigenvalue weighted by molar-refractivity contribution is -0.168. The van der Waals surface area contributed by atoms with Crippen LogP contribution in [-0.4, -0.2) is 15.3 Å². The van der Waals surface area contributed by atoms with Gasteiger partial charge in [0.1, 0.15) is 0 Å². The van der Waals surface area contributed by atoms with Gasteiger partial charge in [-0.25, -0.2) is 0 Å². The largest absolute Gasteiger partial charge is 0.385 e. The van der Waals surface area contributed by atoms with Crippen molar-refractivity contribution in [3.05, 3.63) is 28.9 Å². The van der Waals surface area contributed by atoms with E-state index >= 15 is 0 Å². The molecule has 4 rings (SSSR count). The number of benzene rings is 1. The van der Waals surface area contributed by atoms with Crippen molar-refractivity contribution >= 4 is 22.5 Å². The number of nitrogens with one attached hydrogen (secondary N) is 1. The second-order valence-electron chi connectivity index (χ2n) is 6.03. The van der Waals surface area contributed by atoms with Crippen LogP contribution >= 0.6 is 11.6 Å². The molecule has 0 unspecified atom stereocenters. The minimum Gasteiger partial charge on any atom is -0.385 e. The maximum atomic E-state index is 10.8. The summed E-state index contributed by atoms with van der Waals surface area (Å²) in [6, 6.07) is 3.76. The molecule has 1 spiro atoms. The Morgan fingerprint density at radius 1 is 1.28 bits per heavy atom. The normalized spacial score (nSPS) is 23.9. The molecule has 94 valence electrons. The Morgan fingerprint density at radius 3 is 2.72 bits per heavy atom. The summed E-state index contributed by atoms with van der Waals surface area (Å²) in [5.41, 5.74) is 1.55. The van der Waals surface area contributed by atoms with Gasteiger partial charge in [-0.05, 0) is 43.2 Å². The van der Waals surface area contributed by atoms with Gasteiger partial charge in [0.05, 0.1) is 17.3 Å². The third-order valence-corrected chi connectivity index (χ3v) is 4.98. The zero-order valence-corrected chi connectivity index (χ0v) is 10.8. The van der Waals surface area contributed by atoms with Crippen LogP contribution in [-0.2, 0) is 5.60 Å². The fourth-order valence-electron chi connectivity index (χ4n) is 3.80. The number of aliphatic hydroxyl groups is 1. The van der Waals surface area contributed by atoms with E-state index in [1.54, 1.807) is 6.20 Å². The molecule has 0 aliphatic heterocycles. The van der Waals surface area contributed by atoms with E-state index in [4.69, 9.17) is 11.6 Å². The average Bonchev–Trinajstić information content (AvgIpc) is 2.68. The highest BCUT2D eigenvalue weighted by atomic mass is 35.5.